The first-order valence-electron chi connectivity index (χ1n) is 29.7. The van der Waals surface area contributed by atoms with Crippen LogP contribution in [0, 0.1) is 58.3 Å². The second kappa shape index (κ2) is 24.3. The topological polar surface area (TPSA) is 68.3 Å². The Labute approximate surface area is 483 Å². The van der Waals surface area contributed by atoms with Gasteiger partial charge < -0.3 is 0 Å². The molecule has 0 saturated carbocycles. The van der Waals surface area contributed by atoms with E-state index in [0.717, 1.165) is 82.2 Å². The van der Waals surface area contributed by atoms with E-state index in [1.165, 1.54) is 90.7 Å². The number of carbonyl (C=O) groups is 4. The zero-order valence-corrected chi connectivity index (χ0v) is 50.3. The molecular weight excluding hydrogens is 989 g/mol. The highest BCUT2D eigenvalue weighted by Crippen LogP contribution is 2.41. The van der Waals surface area contributed by atoms with E-state index >= 15 is 0 Å². The molecule has 12 rings (SSSR count). The molecule has 81 heavy (non-hydrogen) atoms. The summed E-state index contributed by atoms with van der Waals surface area (Å²) in [7, 11) is 0. The molecule has 4 heteroatoms. The predicted molar refractivity (Wildman–Crippen MR) is 337 cm³/mol. The van der Waals surface area contributed by atoms with Crippen molar-refractivity contribution >= 4 is 23.1 Å². The molecule has 0 amide bonds. The van der Waals surface area contributed by atoms with Gasteiger partial charge in [0.1, 0.15) is 0 Å². The summed E-state index contributed by atoms with van der Waals surface area (Å²) < 4.78 is 0. The highest BCUT2D eigenvalue weighted by molar-refractivity contribution is 6.10. The number of Topliss-reactive ketones (excluding diaryl/α,β-unsaturated/α-hetero) is 4. The summed E-state index contributed by atoms with van der Waals surface area (Å²) >= 11 is 0. The van der Waals surface area contributed by atoms with Crippen LogP contribution in [0.25, 0.3) is 44.5 Å². The van der Waals surface area contributed by atoms with Gasteiger partial charge in [-0.25, -0.2) is 0 Å². The number of rotatable bonds is 7. The van der Waals surface area contributed by atoms with Gasteiger partial charge in [0, 0.05) is 45.9 Å². The molecule has 0 bridgehead atoms. The fraction of sp³-hybridized carbons (Fsp3) is 0.325. The molecule has 0 fully saturated rings. The van der Waals surface area contributed by atoms with Crippen molar-refractivity contribution in [1.29, 1.82) is 0 Å². The second-order valence-electron chi connectivity index (χ2n) is 25.0. The van der Waals surface area contributed by atoms with Crippen LogP contribution in [-0.4, -0.2) is 23.1 Å². The Hall–Kier alpha value is -7.56. The molecular formula is C77H82O4. The Morgan fingerprint density at radius 2 is 0.802 bits per heavy atom. The number of hydrogen-bond donors (Lipinski definition) is 0. The van der Waals surface area contributed by atoms with E-state index in [1.807, 2.05) is 27.7 Å². The quantitative estimate of drug-likeness (QED) is 0.159. The Morgan fingerprint density at radius 1 is 0.383 bits per heavy atom. The van der Waals surface area contributed by atoms with Crippen LogP contribution >= 0.6 is 0 Å². The lowest BCUT2D eigenvalue weighted by atomic mass is 9.85. The van der Waals surface area contributed by atoms with Gasteiger partial charge in [0.25, 0.3) is 0 Å². The number of carbonyl (C=O) groups excluding carboxylic acids is 4. The molecule has 4 nitrogen and oxygen atoms in total. The maximum atomic E-state index is 12.5. The standard InChI is InChI=1S/2C20H22O.C19H20O.C18H18O/c1-13-12-15-6-5-7-17(18(15)19(13)21)14-8-10-16(11-9-14)20(2,3)4;1-3-4-7-15-8-5-9-16(13-15)18-11-6-10-17-12-14(2)20(21)19(17)18;1-11-8-12(2)17(13(3)9-11)16-7-5-6-15-10-14(4)19(20)18(15)16;1-11-7-8-12(2)16(9-11)15-6-4-5-14-10-13(3)18(19)17(14)15/h5-11,13H,12H2,1-4H3;5-6,8-11,13-14H,3-4,7,12H2,1-2H3;5-9,14H,10H2,1-4H3;4-9,13H,10H2,1-3H3. The van der Waals surface area contributed by atoms with Crippen LogP contribution in [0.5, 0.6) is 0 Å². The normalized spacial score (nSPS) is 17.5. The Kier molecular flexibility index (Phi) is 17.4. The van der Waals surface area contributed by atoms with Crippen LogP contribution in [0.2, 0.25) is 0 Å². The first kappa shape index (κ1) is 58.1. The molecule has 0 heterocycles. The van der Waals surface area contributed by atoms with E-state index < -0.39 is 0 Å². The number of fused-ring (bicyclic) bond motifs is 4. The molecule has 0 N–H and O–H groups in total. The van der Waals surface area contributed by atoms with Crippen LogP contribution < -0.4 is 0 Å². The fourth-order valence-electron chi connectivity index (χ4n) is 12.9. The average Bonchev–Trinajstić information content (AvgIpc) is 4.16. The Bertz CT molecular complexity index is 3690. The highest BCUT2D eigenvalue weighted by Gasteiger charge is 2.33. The molecule has 4 aliphatic carbocycles. The molecule has 4 aliphatic rings. The number of hydrogen-bond acceptors (Lipinski definition) is 4. The number of ketones is 4. The lowest BCUT2D eigenvalue weighted by Crippen LogP contribution is -2.10. The third kappa shape index (κ3) is 12.2. The van der Waals surface area contributed by atoms with Gasteiger partial charge in [0.2, 0.25) is 0 Å². The van der Waals surface area contributed by atoms with Gasteiger partial charge in [0.05, 0.1) is 0 Å². The number of unbranched alkanes of at least 4 members (excludes halogenated alkanes) is 1. The minimum absolute atomic E-state index is 0.120. The van der Waals surface area contributed by atoms with Crippen molar-refractivity contribution in [2.24, 2.45) is 23.7 Å². The van der Waals surface area contributed by atoms with Crippen LogP contribution in [0.15, 0.2) is 152 Å². The van der Waals surface area contributed by atoms with Gasteiger partial charge in [-0.3, -0.25) is 19.2 Å². The Morgan fingerprint density at radius 3 is 1.27 bits per heavy atom. The van der Waals surface area contributed by atoms with Crippen LogP contribution in [0.4, 0.5) is 0 Å². The summed E-state index contributed by atoms with van der Waals surface area (Å²) in [5.74, 6) is 1.69. The van der Waals surface area contributed by atoms with E-state index in [9.17, 15) is 19.2 Å². The van der Waals surface area contributed by atoms with Crippen LogP contribution in [-0.2, 0) is 37.5 Å². The average molecular weight is 1070 g/mol. The molecule has 8 aromatic rings. The predicted octanol–water partition coefficient (Wildman–Crippen LogP) is 19.1. The van der Waals surface area contributed by atoms with Crippen LogP contribution in [0.1, 0.15) is 171 Å². The van der Waals surface area contributed by atoms with E-state index in [0.29, 0.717) is 23.1 Å². The van der Waals surface area contributed by atoms with E-state index in [4.69, 9.17) is 0 Å². The van der Waals surface area contributed by atoms with E-state index in [-0.39, 0.29) is 29.1 Å². The van der Waals surface area contributed by atoms with Crippen molar-refractivity contribution in [3.8, 4) is 44.5 Å². The van der Waals surface area contributed by atoms with Crippen molar-refractivity contribution < 1.29 is 19.2 Å². The van der Waals surface area contributed by atoms with Gasteiger partial charge in [-0.05, 0) is 173 Å². The van der Waals surface area contributed by atoms with E-state index in [2.05, 4.69) is 214 Å². The molecule has 0 radical (unpaired) electrons. The summed E-state index contributed by atoms with van der Waals surface area (Å²) in [6, 6.07) is 53.2. The van der Waals surface area contributed by atoms with Gasteiger partial charge in [-0.15, -0.1) is 0 Å². The summed E-state index contributed by atoms with van der Waals surface area (Å²) in [5.41, 5.74) is 26.9. The van der Waals surface area contributed by atoms with Crippen molar-refractivity contribution in [2.75, 3.05) is 0 Å². The maximum absolute atomic E-state index is 12.5. The third-order valence-electron chi connectivity index (χ3n) is 17.2. The summed E-state index contributed by atoms with van der Waals surface area (Å²) in [6.07, 6.45) is 7.06. The second-order valence-corrected chi connectivity index (χ2v) is 25.0. The van der Waals surface area contributed by atoms with Gasteiger partial charge >= 0.3 is 0 Å². The molecule has 4 atom stereocenters. The third-order valence-corrected chi connectivity index (χ3v) is 17.2. The largest absolute Gasteiger partial charge is 0.294 e. The van der Waals surface area contributed by atoms with Gasteiger partial charge in [0.15, 0.2) is 23.1 Å². The van der Waals surface area contributed by atoms with Gasteiger partial charge in [-0.1, -0.05) is 225 Å². The zero-order chi connectivity index (χ0) is 58.0. The number of aryl methyl sites for hydroxylation is 6. The SMILES string of the molecule is CC1Cc2cccc(-c3ccc(C(C)(C)C)cc3)c2C1=O.CCCCc1cccc(-c2cccc3c2C(=O)C(C)C3)c1.Cc1cc(C)c(-c2cccc3c2C(=O)C(C)C3)c(C)c1.Cc1ccc(C)c(-c2cccc3c2C(=O)C(C)C3)c1. The first-order valence-corrected chi connectivity index (χ1v) is 29.7. The Balaban J connectivity index is 0.000000130. The smallest absolute Gasteiger partial charge is 0.166 e. The van der Waals surface area contributed by atoms with Crippen molar-refractivity contribution in [3.05, 3.63) is 235 Å². The maximum Gasteiger partial charge on any atom is 0.166 e. The molecule has 0 aliphatic heterocycles. The molecule has 8 aromatic carbocycles. The molecule has 0 saturated heterocycles. The molecule has 4 unspecified atom stereocenters. The molecule has 0 aromatic heterocycles. The highest BCUT2D eigenvalue weighted by atomic mass is 16.1. The zero-order valence-electron chi connectivity index (χ0n) is 50.3. The molecule has 414 valence electrons. The minimum Gasteiger partial charge on any atom is -0.294 e. The van der Waals surface area contributed by atoms with Gasteiger partial charge in [-0.2, -0.15) is 0 Å². The lowest BCUT2D eigenvalue weighted by Gasteiger charge is -2.19. The molecule has 0 spiro atoms. The monoisotopic (exact) mass is 1070 g/mol. The lowest BCUT2D eigenvalue weighted by molar-refractivity contribution is 0.0939. The van der Waals surface area contributed by atoms with E-state index in [1.54, 1.807) is 0 Å². The van der Waals surface area contributed by atoms with Crippen molar-refractivity contribution in [1.82, 2.24) is 0 Å². The first-order chi connectivity index (χ1) is 38.6. The number of benzene rings is 8. The summed E-state index contributed by atoms with van der Waals surface area (Å²) in [4.78, 5) is 49.7. The van der Waals surface area contributed by atoms with Crippen molar-refractivity contribution in [2.45, 2.75) is 140 Å². The fourth-order valence-corrected chi connectivity index (χ4v) is 12.9. The van der Waals surface area contributed by atoms with Crippen LogP contribution in [0.3, 0.4) is 0 Å². The summed E-state index contributed by atoms with van der Waals surface area (Å²) in [5, 5.41) is 0. The van der Waals surface area contributed by atoms with Crippen molar-refractivity contribution in [3.63, 3.8) is 0 Å². The minimum atomic E-state index is 0.120. The summed E-state index contributed by atoms with van der Waals surface area (Å²) in [6.45, 7) is 27.6.